The van der Waals surface area contributed by atoms with Crippen molar-refractivity contribution in [3.63, 3.8) is 0 Å². The summed E-state index contributed by atoms with van der Waals surface area (Å²) < 4.78 is 1.28. The summed E-state index contributed by atoms with van der Waals surface area (Å²) in [6.45, 7) is 2.14. The first kappa shape index (κ1) is 9.68. The summed E-state index contributed by atoms with van der Waals surface area (Å²) in [5.74, 6) is 1.09. The van der Waals surface area contributed by atoms with Gasteiger partial charge in [-0.05, 0) is 46.5 Å². The molecule has 0 radical (unpaired) electrons. The van der Waals surface area contributed by atoms with E-state index < -0.39 is 0 Å². The Bertz CT molecular complexity index is 250. The minimum atomic E-state index is 0.821. The zero-order valence-electron chi connectivity index (χ0n) is 6.10. The molecular formula is C8H8ClIS. The van der Waals surface area contributed by atoms with Gasteiger partial charge in [0.2, 0.25) is 0 Å². The summed E-state index contributed by atoms with van der Waals surface area (Å²) in [4.78, 5) is 1.28. The first-order valence-corrected chi connectivity index (χ1v) is 5.76. The second-order valence-electron chi connectivity index (χ2n) is 2.01. The molecule has 0 saturated heterocycles. The van der Waals surface area contributed by atoms with E-state index in [4.69, 9.17) is 11.6 Å². The van der Waals surface area contributed by atoms with Crippen LogP contribution in [0.2, 0.25) is 5.02 Å². The second-order valence-corrected chi connectivity index (χ2v) is 4.91. The lowest BCUT2D eigenvalue weighted by molar-refractivity contribution is 1.38. The topological polar surface area (TPSA) is 0 Å². The van der Waals surface area contributed by atoms with Gasteiger partial charge in [-0.15, -0.1) is 11.8 Å². The third kappa shape index (κ3) is 2.84. The summed E-state index contributed by atoms with van der Waals surface area (Å²) in [6, 6.07) is 5.97. The minimum absolute atomic E-state index is 0.821. The first-order chi connectivity index (χ1) is 5.24. The maximum Gasteiger partial charge on any atom is 0.0417 e. The van der Waals surface area contributed by atoms with Crippen molar-refractivity contribution in [2.75, 3.05) is 5.75 Å². The van der Waals surface area contributed by atoms with Crippen molar-refractivity contribution in [1.82, 2.24) is 0 Å². The smallest absolute Gasteiger partial charge is 0.0417 e. The van der Waals surface area contributed by atoms with Crippen LogP contribution in [-0.4, -0.2) is 5.75 Å². The van der Waals surface area contributed by atoms with Gasteiger partial charge in [0.1, 0.15) is 0 Å². The Morgan fingerprint density at radius 2 is 2.27 bits per heavy atom. The molecular weight excluding hydrogens is 291 g/mol. The van der Waals surface area contributed by atoms with Crippen molar-refractivity contribution >= 4 is 46.0 Å². The van der Waals surface area contributed by atoms with Crippen LogP contribution in [0, 0.1) is 3.57 Å². The predicted octanol–water partition coefficient (Wildman–Crippen LogP) is 4.06. The number of hydrogen-bond acceptors (Lipinski definition) is 1. The molecule has 60 valence electrons. The lowest BCUT2D eigenvalue weighted by atomic mass is 10.4. The van der Waals surface area contributed by atoms with Crippen LogP contribution in [0.15, 0.2) is 23.1 Å². The molecule has 0 heterocycles. The molecule has 0 N–H and O–H groups in total. The molecule has 0 atom stereocenters. The van der Waals surface area contributed by atoms with Crippen molar-refractivity contribution in [2.24, 2.45) is 0 Å². The van der Waals surface area contributed by atoms with Crippen molar-refractivity contribution in [2.45, 2.75) is 11.8 Å². The lowest BCUT2D eigenvalue weighted by Gasteiger charge is -2.01. The predicted molar refractivity (Wildman–Crippen MR) is 60.6 cm³/mol. The van der Waals surface area contributed by atoms with E-state index in [0.717, 1.165) is 10.8 Å². The molecule has 0 aliphatic carbocycles. The van der Waals surface area contributed by atoms with Crippen molar-refractivity contribution in [1.29, 1.82) is 0 Å². The van der Waals surface area contributed by atoms with Crippen molar-refractivity contribution < 1.29 is 0 Å². The molecule has 0 aliphatic rings. The Balaban J connectivity index is 2.93. The Hall–Kier alpha value is 0.590. The van der Waals surface area contributed by atoms with Gasteiger partial charge in [0.05, 0.1) is 0 Å². The molecule has 0 aromatic heterocycles. The third-order valence-corrected chi connectivity index (χ3v) is 3.67. The fourth-order valence-corrected chi connectivity index (χ4v) is 2.51. The van der Waals surface area contributed by atoms with Crippen LogP contribution in [0.5, 0.6) is 0 Å². The summed E-state index contributed by atoms with van der Waals surface area (Å²) in [5, 5.41) is 0.821. The monoisotopic (exact) mass is 298 g/mol. The average molecular weight is 299 g/mol. The standard InChI is InChI=1S/C8H8ClIS/c1-2-11-8-5-6(9)3-4-7(8)10/h3-5H,2H2,1H3. The summed E-state index contributed by atoms with van der Waals surface area (Å²) in [5.41, 5.74) is 0. The SMILES string of the molecule is CCSc1cc(Cl)ccc1I. The van der Waals surface area contributed by atoms with Gasteiger partial charge in [0, 0.05) is 13.5 Å². The molecule has 1 rings (SSSR count). The van der Waals surface area contributed by atoms with E-state index in [9.17, 15) is 0 Å². The Morgan fingerprint density at radius 3 is 2.91 bits per heavy atom. The lowest BCUT2D eigenvalue weighted by Crippen LogP contribution is -1.78. The molecule has 3 heteroatoms. The van der Waals surface area contributed by atoms with Gasteiger partial charge in [-0.3, -0.25) is 0 Å². The number of benzene rings is 1. The van der Waals surface area contributed by atoms with Crippen LogP contribution in [0.4, 0.5) is 0 Å². The van der Waals surface area contributed by atoms with E-state index in [1.54, 1.807) is 0 Å². The molecule has 0 unspecified atom stereocenters. The van der Waals surface area contributed by atoms with Crippen LogP contribution >= 0.6 is 46.0 Å². The largest absolute Gasteiger partial charge is 0.125 e. The van der Waals surface area contributed by atoms with E-state index in [2.05, 4.69) is 29.5 Å². The highest BCUT2D eigenvalue weighted by Gasteiger charge is 1.98. The zero-order chi connectivity index (χ0) is 8.27. The molecule has 0 saturated carbocycles. The zero-order valence-corrected chi connectivity index (χ0v) is 9.83. The van der Waals surface area contributed by atoms with Crippen molar-refractivity contribution in [3.05, 3.63) is 26.8 Å². The van der Waals surface area contributed by atoms with Gasteiger partial charge in [-0.25, -0.2) is 0 Å². The first-order valence-electron chi connectivity index (χ1n) is 3.32. The van der Waals surface area contributed by atoms with E-state index in [-0.39, 0.29) is 0 Å². The van der Waals surface area contributed by atoms with E-state index in [1.165, 1.54) is 8.47 Å². The molecule has 0 aliphatic heterocycles. The van der Waals surface area contributed by atoms with E-state index in [0.29, 0.717) is 0 Å². The normalized spacial score (nSPS) is 10.1. The second kappa shape index (κ2) is 4.58. The van der Waals surface area contributed by atoms with Crippen LogP contribution in [0.1, 0.15) is 6.92 Å². The maximum absolute atomic E-state index is 5.84. The van der Waals surface area contributed by atoms with Crippen molar-refractivity contribution in [3.8, 4) is 0 Å². The maximum atomic E-state index is 5.84. The van der Waals surface area contributed by atoms with E-state index >= 15 is 0 Å². The Morgan fingerprint density at radius 1 is 1.55 bits per heavy atom. The summed E-state index contributed by atoms with van der Waals surface area (Å²) in [6.07, 6.45) is 0. The summed E-state index contributed by atoms with van der Waals surface area (Å²) >= 11 is 9.98. The highest BCUT2D eigenvalue weighted by molar-refractivity contribution is 14.1. The Labute approximate surface area is 89.8 Å². The van der Waals surface area contributed by atoms with Gasteiger partial charge in [0.25, 0.3) is 0 Å². The minimum Gasteiger partial charge on any atom is -0.125 e. The fraction of sp³-hybridized carbons (Fsp3) is 0.250. The molecule has 1 aromatic carbocycles. The number of rotatable bonds is 2. The number of thioether (sulfide) groups is 1. The fourth-order valence-electron chi connectivity index (χ4n) is 0.743. The average Bonchev–Trinajstić information content (AvgIpc) is 1.98. The van der Waals surface area contributed by atoms with Gasteiger partial charge < -0.3 is 0 Å². The van der Waals surface area contributed by atoms with Gasteiger partial charge in [-0.2, -0.15) is 0 Å². The van der Waals surface area contributed by atoms with Crippen LogP contribution in [-0.2, 0) is 0 Å². The molecule has 0 fully saturated rings. The number of hydrogen-bond donors (Lipinski definition) is 0. The third-order valence-electron chi connectivity index (χ3n) is 1.19. The van der Waals surface area contributed by atoms with E-state index in [1.807, 2.05) is 30.0 Å². The van der Waals surface area contributed by atoms with Crippen LogP contribution in [0.3, 0.4) is 0 Å². The van der Waals surface area contributed by atoms with Crippen LogP contribution in [0.25, 0.3) is 0 Å². The quantitative estimate of drug-likeness (QED) is 0.586. The summed E-state index contributed by atoms with van der Waals surface area (Å²) in [7, 11) is 0. The molecule has 0 amide bonds. The molecule has 0 nitrogen and oxygen atoms in total. The van der Waals surface area contributed by atoms with Gasteiger partial charge in [-0.1, -0.05) is 18.5 Å². The molecule has 0 spiro atoms. The molecule has 11 heavy (non-hydrogen) atoms. The Kier molecular flexibility index (Phi) is 4.02. The number of halogens is 2. The molecule has 0 bridgehead atoms. The molecule has 1 aromatic rings. The van der Waals surface area contributed by atoms with Gasteiger partial charge >= 0.3 is 0 Å². The highest BCUT2D eigenvalue weighted by atomic mass is 127. The van der Waals surface area contributed by atoms with Gasteiger partial charge in [0.15, 0.2) is 0 Å². The van der Waals surface area contributed by atoms with Crippen LogP contribution < -0.4 is 0 Å². The highest BCUT2D eigenvalue weighted by Crippen LogP contribution is 2.26.